The number of hydrogen-bond acceptors (Lipinski definition) is 5. The Morgan fingerprint density at radius 2 is 2.17 bits per heavy atom. The maximum Gasteiger partial charge on any atom is 0.386 e. The summed E-state index contributed by atoms with van der Waals surface area (Å²) in [5.74, 6) is -0.131. The zero-order valence-corrected chi connectivity index (χ0v) is 10.2. The van der Waals surface area contributed by atoms with Crippen LogP contribution in [0.5, 0.6) is 0 Å². The molecule has 1 aliphatic carbocycles. The first kappa shape index (κ1) is 12.8. The molecule has 2 rings (SSSR count). The molecule has 0 bridgehead atoms. The SMILES string of the molecule is NC1CCCCCC1Nc1cccnc1[N+](=O)[O-]. The van der Waals surface area contributed by atoms with E-state index < -0.39 is 4.92 Å². The van der Waals surface area contributed by atoms with Gasteiger partial charge in [-0.15, -0.1) is 0 Å². The molecular weight excluding hydrogens is 232 g/mol. The second-order valence-electron chi connectivity index (χ2n) is 4.68. The molecule has 0 spiro atoms. The summed E-state index contributed by atoms with van der Waals surface area (Å²) in [6.07, 6.45) is 6.77. The van der Waals surface area contributed by atoms with E-state index in [2.05, 4.69) is 10.3 Å². The van der Waals surface area contributed by atoms with E-state index in [0.717, 1.165) is 25.7 Å². The predicted molar refractivity (Wildman–Crippen MR) is 69.4 cm³/mol. The van der Waals surface area contributed by atoms with Gasteiger partial charge in [0.25, 0.3) is 0 Å². The first-order chi connectivity index (χ1) is 8.68. The Morgan fingerprint density at radius 1 is 1.39 bits per heavy atom. The highest BCUT2D eigenvalue weighted by molar-refractivity contribution is 5.57. The second-order valence-corrected chi connectivity index (χ2v) is 4.68. The lowest BCUT2D eigenvalue weighted by atomic mass is 10.0. The van der Waals surface area contributed by atoms with Gasteiger partial charge in [0.1, 0.15) is 11.9 Å². The van der Waals surface area contributed by atoms with Crippen LogP contribution in [0.25, 0.3) is 0 Å². The van der Waals surface area contributed by atoms with Crippen molar-refractivity contribution in [2.75, 3.05) is 5.32 Å². The zero-order chi connectivity index (χ0) is 13.0. The Labute approximate surface area is 106 Å². The topological polar surface area (TPSA) is 94.1 Å². The van der Waals surface area contributed by atoms with Gasteiger partial charge < -0.3 is 21.2 Å². The van der Waals surface area contributed by atoms with Crippen molar-refractivity contribution >= 4 is 11.5 Å². The molecule has 1 heterocycles. The van der Waals surface area contributed by atoms with Crippen molar-refractivity contribution in [2.45, 2.75) is 44.2 Å². The summed E-state index contributed by atoms with van der Waals surface area (Å²) >= 11 is 0. The van der Waals surface area contributed by atoms with Gasteiger partial charge in [-0.3, -0.25) is 0 Å². The van der Waals surface area contributed by atoms with Gasteiger partial charge in [-0.05, 0) is 34.9 Å². The van der Waals surface area contributed by atoms with Crippen molar-refractivity contribution in [3.63, 3.8) is 0 Å². The minimum Gasteiger partial charge on any atom is -0.374 e. The molecule has 1 aromatic heterocycles. The second kappa shape index (κ2) is 5.77. The Balaban J connectivity index is 2.14. The lowest BCUT2D eigenvalue weighted by molar-refractivity contribution is -0.388. The fourth-order valence-electron chi connectivity index (χ4n) is 2.37. The van der Waals surface area contributed by atoms with Crippen molar-refractivity contribution in [3.8, 4) is 0 Å². The minimum absolute atomic E-state index is 0.0484. The van der Waals surface area contributed by atoms with Crippen LogP contribution in [0.1, 0.15) is 32.1 Å². The van der Waals surface area contributed by atoms with E-state index in [1.807, 2.05) is 0 Å². The monoisotopic (exact) mass is 250 g/mol. The van der Waals surface area contributed by atoms with Crippen LogP contribution in [-0.2, 0) is 0 Å². The van der Waals surface area contributed by atoms with Crippen molar-refractivity contribution in [1.29, 1.82) is 0 Å². The van der Waals surface area contributed by atoms with Crippen molar-refractivity contribution in [2.24, 2.45) is 5.73 Å². The number of hydrogen-bond donors (Lipinski definition) is 2. The molecule has 98 valence electrons. The van der Waals surface area contributed by atoms with E-state index in [9.17, 15) is 10.1 Å². The van der Waals surface area contributed by atoms with Gasteiger partial charge in [-0.1, -0.05) is 19.3 Å². The predicted octanol–water partition coefficient (Wildman–Crippen LogP) is 2.06. The summed E-state index contributed by atoms with van der Waals surface area (Å²) < 4.78 is 0. The van der Waals surface area contributed by atoms with Crippen LogP contribution in [0.3, 0.4) is 0 Å². The summed E-state index contributed by atoms with van der Waals surface area (Å²) in [7, 11) is 0. The zero-order valence-electron chi connectivity index (χ0n) is 10.2. The lowest BCUT2D eigenvalue weighted by Gasteiger charge is -2.23. The molecule has 1 aromatic rings. The van der Waals surface area contributed by atoms with Gasteiger partial charge in [0.05, 0.1) is 0 Å². The summed E-state index contributed by atoms with van der Waals surface area (Å²) in [4.78, 5) is 14.2. The molecular formula is C12H18N4O2. The Bertz CT molecular complexity index is 424. The van der Waals surface area contributed by atoms with Crippen LogP contribution in [0, 0.1) is 10.1 Å². The number of aromatic nitrogens is 1. The number of rotatable bonds is 3. The highest BCUT2D eigenvalue weighted by Gasteiger charge is 2.23. The average molecular weight is 250 g/mol. The largest absolute Gasteiger partial charge is 0.386 e. The van der Waals surface area contributed by atoms with Crippen LogP contribution in [0.2, 0.25) is 0 Å². The molecule has 6 nitrogen and oxygen atoms in total. The normalized spacial score (nSPS) is 24.3. The van der Waals surface area contributed by atoms with E-state index in [1.54, 1.807) is 12.1 Å². The summed E-state index contributed by atoms with van der Waals surface area (Å²) in [5, 5.41) is 14.1. The molecule has 3 N–H and O–H groups in total. The number of anilines is 1. The number of nitrogens with two attached hydrogens (primary N) is 1. The van der Waals surface area contributed by atoms with Crippen LogP contribution < -0.4 is 11.1 Å². The van der Waals surface area contributed by atoms with E-state index in [-0.39, 0.29) is 17.9 Å². The molecule has 0 radical (unpaired) electrons. The fraction of sp³-hybridized carbons (Fsp3) is 0.583. The van der Waals surface area contributed by atoms with Crippen LogP contribution in [0.4, 0.5) is 11.5 Å². The van der Waals surface area contributed by atoms with E-state index in [1.165, 1.54) is 12.6 Å². The average Bonchev–Trinajstić information content (AvgIpc) is 2.55. The summed E-state index contributed by atoms with van der Waals surface area (Å²) in [6.45, 7) is 0. The summed E-state index contributed by atoms with van der Waals surface area (Å²) in [5.41, 5.74) is 6.56. The van der Waals surface area contributed by atoms with Gasteiger partial charge in [0.15, 0.2) is 0 Å². The van der Waals surface area contributed by atoms with E-state index >= 15 is 0 Å². The highest BCUT2D eigenvalue weighted by Crippen LogP contribution is 2.25. The molecule has 2 unspecified atom stereocenters. The molecule has 6 heteroatoms. The molecule has 1 aliphatic rings. The maximum absolute atomic E-state index is 10.9. The van der Waals surface area contributed by atoms with Gasteiger partial charge in [-0.25, -0.2) is 0 Å². The lowest BCUT2D eigenvalue weighted by Crippen LogP contribution is -2.39. The Hall–Kier alpha value is -1.69. The van der Waals surface area contributed by atoms with Gasteiger partial charge >= 0.3 is 5.82 Å². The third kappa shape index (κ3) is 2.95. The Morgan fingerprint density at radius 3 is 2.94 bits per heavy atom. The molecule has 2 atom stereocenters. The molecule has 0 amide bonds. The minimum atomic E-state index is -0.468. The van der Waals surface area contributed by atoms with Crippen molar-refractivity contribution in [1.82, 2.24) is 4.98 Å². The molecule has 18 heavy (non-hydrogen) atoms. The first-order valence-electron chi connectivity index (χ1n) is 6.30. The number of nitro groups is 1. The van der Waals surface area contributed by atoms with Gasteiger partial charge in [0.2, 0.25) is 0 Å². The van der Waals surface area contributed by atoms with Gasteiger partial charge in [-0.2, -0.15) is 0 Å². The Kier molecular flexibility index (Phi) is 4.09. The van der Waals surface area contributed by atoms with Gasteiger partial charge in [0, 0.05) is 12.1 Å². The van der Waals surface area contributed by atoms with Crippen molar-refractivity contribution in [3.05, 3.63) is 28.4 Å². The molecule has 1 saturated carbocycles. The molecule has 0 aliphatic heterocycles. The maximum atomic E-state index is 10.9. The quantitative estimate of drug-likeness (QED) is 0.486. The number of nitrogens with zero attached hydrogens (tertiary/aromatic N) is 2. The number of nitrogens with one attached hydrogen (secondary N) is 1. The van der Waals surface area contributed by atoms with Crippen LogP contribution >= 0.6 is 0 Å². The fourth-order valence-corrected chi connectivity index (χ4v) is 2.37. The third-order valence-electron chi connectivity index (χ3n) is 3.37. The standard InChI is InChI=1S/C12H18N4O2/c13-9-5-2-1-3-6-10(9)15-11-7-4-8-14-12(11)16(17)18/h4,7-10,15H,1-3,5-6,13H2. The van der Waals surface area contributed by atoms with Crippen molar-refractivity contribution < 1.29 is 4.92 Å². The molecule has 1 fully saturated rings. The number of pyridine rings is 1. The van der Waals surface area contributed by atoms with E-state index in [0.29, 0.717) is 5.69 Å². The third-order valence-corrected chi connectivity index (χ3v) is 3.37. The highest BCUT2D eigenvalue weighted by atomic mass is 16.6. The molecule has 0 aromatic carbocycles. The summed E-state index contributed by atoms with van der Waals surface area (Å²) in [6, 6.07) is 3.52. The van der Waals surface area contributed by atoms with Crippen LogP contribution in [-0.4, -0.2) is 22.0 Å². The molecule has 0 saturated heterocycles. The van der Waals surface area contributed by atoms with Crippen LogP contribution in [0.15, 0.2) is 18.3 Å². The smallest absolute Gasteiger partial charge is 0.374 e. The van der Waals surface area contributed by atoms with E-state index in [4.69, 9.17) is 5.73 Å². The first-order valence-corrected chi connectivity index (χ1v) is 6.30.